The minimum Gasteiger partial charge on any atom is -0.394 e. The molecule has 3 aromatic rings. The average molecular weight is 430 g/mol. The predicted octanol–water partition coefficient (Wildman–Crippen LogP) is 3.44. The third kappa shape index (κ3) is 4.23. The van der Waals surface area contributed by atoms with E-state index in [4.69, 9.17) is 10.1 Å². The number of hydrogen-bond acceptors (Lipinski definition) is 7. The van der Waals surface area contributed by atoms with Gasteiger partial charge in [-0.1, -0.05) is 29.8 Å². The standard InChI is InChI=1S/C22H27N3O4S/c1-15-6-7-19-18(10-15)20(23-12-17(27)14-26)11-22(24-19)25-8-9-30(28,29)21-5-3-2-4-16(21)13-25/h2-7,10-11,17,26-29H,8-9,12-14H2,1H3,(H,23,24)/t17-/m0/s1. The molecule has 0 amide bonds. The van der Waals surface area contributed by atoms with Crippen LogP contribution < -0.4 is 10.2 Å². The summed E-state index contributed by atoms with van der Waals surface area (Å²) in [6.07, 6.45) is -0.862. The molecule has 0 saturated carbocycles. The van der Waals surface area contributed by atoms with Crippen LogP contribution >= 0.6 is 10.6 Å². The van der Waals surface area contributed by atoms with E-state index in [0.717, 1.165) is 33.5 Å². The van der Waals surface area contributed by atoms with E-state index in [1.807, 2.05) is 54.3 Å². The number of hydrogen-bond donors (Lipinski definition) is 5. The summed E-state index contributed by atoms with van der Waals surface area (Å²) < 4.78 is 21.3. The number of anilines is 2. The van der Waals surface area contributed by atoms with Gasteiger partial charge in [-0.3, -0.25) is 9.11 Å². The Morgan fingerprint density at radius 1 is 1.17 bits per heavy atom. The quantitative estimate of drug-likeness (QED) is 0.423. The number of fused-ring (bicyclic) bond motifs is 2. The van der Waals surface area contributed by atoms with Gasteiger partial charge < -0.3 is 20.4 Å². The second-order valence-corrected chi connectivity index (χ2v) is 9.85. The summed E-state index contributed by atoms with van der Waals surface area (Å²) in [5.41, 5.74) is 3.60. The Bertz CT molecular complexity index is 1060. The Kier molecular flexibility index (Phi) is 5.86. The van der Waals surface area contributed by atoms with Gasteiger partial charge in [-0.05, 0) is 30.7 Å². The van der Waals surface area contributed by atoms with E-state index >= 15 is 0 Å². The molecular formula is C22H27N3O4S. The molecule has 0 saturated heterocycles. The maximum absolute atomic E-state index is 10.6. The van der Waals surface area contributed by atoms with Crippen LogP contribution in [0.25, 0.3) is 10.9 Å². The Balaban J connectivity index is 1.74. The van der Waals surface area contributed by atoms with Gasteiger partial charge >= 0.3 is 0 Å². The molecule has 4 rings (SSSR count). The van der Waals surface area contributed by atoms with E-state index in [-0.39, 0.29) is 18.9 Å². The zero-order valence-corrected chi connectivity index (χ0v) is 17.6. The molecule has 2 heterocycles. The molecule has 0 radical (unpaired) electrons. The number of aromatic nitrogens is 1. The van der Waals surface area contributed by atoms with Crippen molar-refractivity contribution in [1.82, 2.24) is 4.98 Å². The highest BCUT2D eigenvalue weighted by Crippen LogP contribution is 2.51. The maximum atomic E-state index is 10.6. The van der Waals surface area contributed by atoms with Crippen molar-refractivity contribution in [3.05, 3.63) is 59.7 Å². The van der Waals surface area contributed by atoms with Crippen molar-refractivity contribution in [3.63, 3.8) is 0 Å². The van der Waals surface area contributed by atoms with Crippen molar-refractivity contribution in [1.29, 1.82) is 0 Å². The number of nitrogens with zero attached hydrogens (tertiary/aromatic N) is 2. The van der Waals surface area contributed by atoms with Gasteiger partial charge in [0.15, 0.2) is 0 Å². The van der Waals surface area contributed by atoms with Crippen LogP contribution in [0, 0.1) is 6.92 Å². The molecule has 0 spiro atoms. The molecule has 1 aromatic heterocycles. The van der Waals surface area contributed by atoms with E-state index in [1.165, 1.54) is 0 Å². The van der Waals surface area contributed by atoms with E-state index in [0.29, 0.717) is 18.0 Å². The Morgan fingerprint density at radius 3 is 2.77 bits per heavy atom. The lowest BCUT2D eigenvalue weighted by atomic mass is 10.1. The fourth-order valence-electron chi connectivity index (χ4n) is 3.71. The van der Waals surface area contributed by atoms with E-state index in [1.54, 1.807) is 6.07 Å². The Hall–Kier alpha value is -2.36. The molecule has 2 aromatic carbocycles. The number of aryl methyl sites for hydroxylation is 1. The highest BCUT2D eigenvalue weighted by atomic mass is 32.3. The van der Waals surface area contributed by atoms with Gasteiger partial charge in [0.1, 0.15) is 5.82 Å². The fourth-order valence-corrected chi connectivity index (χ4v) is 5.25. The van der Waals surface area contributed by atoms with Crippen molar-refractivity contribution in [2.45, 2.75) is 24.5 Å². The molecule has 1 atom stereocenters. The topological polar surface area (TPSA) is 109 Å². The highest BCUT2D eigenvalue weighted by molar-refractivity contribution is 8.24. The van der Waals surface area contributed by atoms with Crippen LogP contribution in [0.15, 0.2) is 53.4 Å². The van der Waals surface area contributed by atoms with Crippen LogP contribution in [0.5, 0.6) is 0 Å². The number of aliphatic hydroxyl groups is 2. The molecule has 0 aliphatic carbocycles. The molecule has 1 aliphatic rings. The molecule has 0 fully saturated rings. The number of benzene rings is 2. The van der Waals surface area contributed by atoms with Crippen molar-refractivity contribution < 1.29 is 19.3 Å². The molecule has 5 N–H and O–H groups in total. The summed E-state index contributed by atoms with van der Waals surface area (Å²) in [6.45, 7) is 2.89. The summed E-state index contributed by atoms with van der Waals surface area (Å²) in [4.78, 5) is 7.48. The summed E-state index contributed by atoms with van der Waals surface area (Å²) in [5, 5.41) is 23.1. The van der Waals surface area contributed by atoms with Gasteiger partial charge in [-0.25, -0.2) is 4.98 Å². The molecule has 8 heteroatoms. The lowest BCUT2D eigenvalue weighted by molar-refractivity contribution is 0.105. The van der Waals surface area contributed by atoms with Gasteiger partial charge in [0.05, 0.1) is 28.9 Å². The Labute approximate surface area is 177 Å². The van der Waals surface area contributed by atoms with Crippen LogP contribution in [0.3, 0.4) is 0 Å². The first-order valence-electron chi connectivity index (χ1n) is 9.90. The molecular weight excluding hydrogens is 402 g/mol. The normalized spacial score (nSPS) is 17.8. The summed E-state index contributed by atoms with van der Waals surface area (Å²) in [5.74, 6) is 0.961. The monoisotopic (exact) mass is 429 g/mol. The Morgan fingerprint density at radius 2 is 1.97 bits per heavy atom. The van der Waals surface area contributed by atoms with Crippen LogP contribution in [-0.4, -0.2) is 55.9 Å². The molecule has 7 nitrogen and oxygen atoms in total. The average Bonchev–Trinajstić information content (AvgIpc) is 2.88. The van der Waals surface area contributed by atoms with Crippen LogP contribution in [0.4, 0.5) is 11.5 Å². The van der Waals surface area contributed by atoms with Crippen molar-refractivity contribution in [3.8, 4) is 0 Å². The van der Waals surface area contributed by atoms with Crippen LogP contribution in [0.1, 0.15) is 11.1 Å². The molecule has 30 heavy (non-hydrogen) atoms. The molecule has 0 bridgehead atoms. The first kappa shape index (κ1) is 20.9. The molecule has 0 unspecified atom stereocenters. The van der Waals surface area contributed by atoms with Gasteiger partial charge in [-0.15, -0.1) is 0 Å². The van der Waals surface area contributed by atoms with Crippen LogP contribution in [-0.2, 0) is 6.54 Å². The predicted molar refractivity (Wildman–Crippen MR) is 122 cm³/mol. The first-order chi connectivity index (χ1) is 14.4. The van der Waals surface area contributed by atoms with Crippen molar-refractivity contribution in [2.24, 2.45) is 0 Å². The minimum absolute atomic E-state index is 0.215. The zero-order valence-electron chi connectivity index (χ0n) is 16.8. The second kappa shape index (κ2) is 8.41. The zero-order chi connectivity index (χ0) is 21.3. The van der Waals surface area contributed by atoms with Crippen molar-refractivity contribution in [2.75, 3.05) is 35.7 Å². The second-order valence-electron chi connectivity index (χ2n) is 7.67. The third-order valence-electron chi connectivity index (χ3n) is 5.35. The van der Waals surface area contributed by atoms with Crippen molar-refractivity contribution >= 4 is 33.0 Å². The van der Waals surface area contributed by atoms with Gasteiger partial charge in [-0.2, -0.15) is 10.6 Å². The first-order valence-corrected chi connectivity index (χ1v) is 11.6. The van der Waals surface area contributed by atoms with E-state index in [9.17, 15) is 14.2 Å². The number of rotatable bonds is 5. The number of aliphatic hydroxyl groups excluding tert-OH is 2. The summed E-state index contributed by atoms with van der Waals surface area (Å²) >= 11 is 0. The molecule has 1 aliphatic heterocycles. The van der Waals surface area contributed by atoms with Gasteiger partial charge in [0.2, 0.25) is 0 Å². The SMILES string of the molecule is Cc1ccc2nc(N3CCS(O)(O)c4ccccc4C3)cc(NC[C@H](O)CO)c2c1. The summed E-state index contributed by atoms with van der Waals surface area (Å²) in [6, 6.07) is 15.4. The fraction of sp³-hybridized carbons (Fsp3) is 0.318. The largest absolute Gasteiger partial charge is 0.394 e. The number of nitrogens with one attached hydrogen (secondary N) is 1. The number of pyridine rings is 1. The maximum Gasteiger partial charge on any atom is 0.131 e. The minimum atomic E-state index is -2.85. The lowest BCUT2D eigenvalue weighted by Gasteiger charge is -2.32. The lowest BCUT2D eigenvalue weighted by Crippen LogP contribution is -2.26. The van der Waals surface area contributed by atoms with E-state index in [2.05, 4.69) is 5.32 Å². The van der Waals surface area contributed by atoms with Crippen LogP contribution in [0.2, 0.25) is 0 Å². The van der Waals surface area contributed by atoms with E-state index < -0.39 is 16.7 Å². The smallest absolute Gasteiger partial charge is 0.131 e. The summed E-state index contributed by atoms with van der Waals surface area (Å²) in [7, 11) is -2.85. The third-order valence-corrected chi connectivity index (χ3v) is 7.20. The van der Waals surface area contributed by atoms with Gasteiger partial charge in [0.25, 0.3) is 0 Å². The van der Waals surface area contributed by atoms with Gasteiger partial charge in [0, 0.05) is 36.8 Å². The molecule has 160 valence electrons. The highest BCUT2D eigenvalue weighted by Gasteiger charge is 2.26.